The molecule has 1 atom stereocenters. The van der Waals surface area contributed by atoms with Crippen molar-refractivity contribution in [3.8, 4) is 11.1 Å². The summed E-state index contributed by atoms with van der Waals surface area (Å²) >= 11 is 3.78. The molecule has 0 bridgehead atoms. The van der Waals surface area contributed by atoms with Gasteiger partial charge in [-0.25, -0.2) is 0 Å². The second kappa shape index (κ2) is 5.90. The quantitative estimate of drug-likeness (QED) is 0.529. The van der Waals surface area contributed by atoms with Crippen molar-refractivity contribution in [3.63, 3.8) is 0 Å². The van der Waals surface area contributed by atoms with Crippen LogP contribution in [0.3, 0.4) is 0 Å². The van der Waals surface area contributed by atoms with E-state index in [1.807, 2.05) is 19.9 Å². The average Bonchev–Trinajstić information content (AvgIpc) is 2.86. The van der Waals surface area contributed by atoms with Crippen LogP contribution in [-0.2, 0) is 0 Å². The van der Waals surface area contributed by atoms with Gasteiger partial charge in [-0.1, -0.05) is 70.5 Å². The number of hydrogen-bond acceptors (Lipinski definition) is 1. The van der Waals surface area contributed by atoms with E-state index in [4.69, 9.17) is 4.42 Å². The van der Waals surface area contributed by atoms with Crippen molar-refractivity contribution in [2.24, 2.45) is 0 Å². The highest BCUT2D eigenvalue weighted by Crippen LogP contribution is 2.35. The van der Waals surface area contributed by atoms with Crippen molar-refractivity contribution in [1.29, 1.82) is 0 Å². The lowest BCUT2D eigenvalue weighted by molar-refractivity contribution is 0.502. The Kier molecular flexibility index (Phi) is 3.98. The van der Waals surface area contributed by atoms with E-state index in [2.05, 4.69) is 70.5 Å². The van der Waals surface area contributed by atoms with E-state index in [9.17, 15) is 0 Å². The number of halogens is 1. The molecule has 106 valence electrons. The zero-order chi connectivity index (χ0) is 14.8. The Morgan fingerprint density at radius 3 is 2.05 bits per heavy atom. The summed E-state index contributed by atoms with van der Waals surface area (Å²) in [6.07, 6.45) is 0. The van der Waals surface area contributed by atoms with Gasteiger partial charge in [0, 0.05) is 5.56 Å². The van der Waals surface area contributed by atoms with Gasteiger partial charge in [-0.2, -0.15) is 0 Å². The fourth-order valence-corrected chi connectivity index (χ4v) is 3.32. The van der Waals surface area contributed by atoms with Gasteiger partial charge in [0.15, 0.2) is 0 Å². The summed E-state index contributed by atoms with van der Waals surface area (Å²) in [6, 6.07) is 21.2. The molecule has 0 amide bonds. The van der Waals surface area contributed by atoms with Crippen LogP contribution < -0.4 is 0 Å². The Labute approximate surface area is 133 Å². The van der Waals surface area contributed by atoms with E-state index in [1.54, 1.807) is 0 Å². The number of alkyl halides is 1. The predicted molar refractivity (Wildman–Crippen MR) is 90.8 cm³/mol. The molecular weight excluding hydrogens is 324 g/mol. The third kappa shape index (κ3) is 2.96. The first-order valence-corrected chi connectivity index (χ1v) is 7.93. The number of furan rings is 1. The molecule has 1 heterocycles. The monoisotopic (exact) mass is 340 g/mol. The van der Waals surface area contributed by atoms with Crippen molar-refractivity contribution in [1.82, 2.24) is 0 Å². The summed E-state index contributed by atoms with van der Waals surface area (Å²) in [6.45, 7) is 3.99. The van der Waals surface area contributed by atoms with Gasteiger partial charge in [-0.15, -0.1) is 0 Å². The Bertz CT molecular complexity index is 726. The molecular formula is C19H17BrO. The maximum absolute atomic E-state index is 5.62. The number of benzene rings is 2. The molecule has 0 aliphatic carbocycles. The van der Waals surface area contributed by atoms with Crippen LogP contribution in [0.5, 0.6) is 0 Å². The minimum atomic E-state index is 0.166. The topological polar surface area (TPSA) is 13.1 Å². The Morgan fingerprint density at radius 2 is 1.48 bits per heavy atom. The fraction of sp³-hybridized carbons (Fsp3) is 0.158. The predicted octanol–water partition coefficient (Wildman–Crippen LogP) is 6.05. The van der Waals surface area contributed by atoms with E-state index in [1.165, 1.54) is 22.3 Å². The molecule has 1 unspecified atom stereocenters. The van der Waals surface area contributed by atoms with Gasteiger partial charge < -0.3 is 4.42 Å². The van der Waals surface area contributed by atoms with Crippen molar-refractivity contribution in [2.45, 2.75) is 18.7 Å². The van der Waals surface area contributed by atoms with Gasteiger partial charge in [0.1, 0.15) is 11.5 Å². The maximum Gasteiger partial charge on any atom is 0.105 e. The van der Waals surface area contributed by atoms with Crippen LogP contribution in [0.2, 0.25) is 0 Å². The molecule has 0 spiro atoms. The summed E-state index contributed by atoms with van der Waals surface area (Å²) in [5.74, 6) is 1.93. The smallest absolute Gasteiger partial charge is 0.105 e. The molecule has 3 aromatic rings. The Hall–Kier alpha value is -1.80. The normalized spacial score (nSPS) is 12.3. The SMILES string of the molecule is Cc1cc(C(Br)c2ccc(-c3ccccc3)cc2)c(C)o1. The summed E-state index contributed by atoms with van der Waals surface area (Å²) in [4.78, 5) is 0.166. The standard InChI is InChI=1S/C19H17BrO/c1-13-12-18(14(2)21-13)19(20)17-10-8-16(9-11-17)15-6-4-3-5-7-15/h3-12,19H,1-2H3. The highest BCUT2D eigenvalue weighted by atomic mass is 79.9. The summed E-state index contributed by atoms with van der Waals surface area (Å²) in [5, 5.41) is 0. The molecule has 0 saturated heterocycles. The van der Waals surface area contributed by atoms with E-state index >= 15 is 0 Å². The molecule has 0 aliphatic rings. The van der Waals surface area contributed by atoms with Gasteiger partial charge in [0.05, 0.1) is 4.83 Å². The molecule has 1 nitrogen and oxygen atoms in total. The first-order chi connectivity index (χ1) is 10.1. The van der Waals surface area contributed by atoms with E-state index in [-0.39, 0.29) is 4.83 Å². The average molecular weight is 341 g/mol. The zero-order valence-electron chi connectivity index (χ0n) is 12.1. The molecule has 0 N–H and O–H groups in total. The van der Waals surface area contributed by atoms with E-state index in [0.717, 1.165) is 11.5 Å². The van der Waals surface area contributed by atoms with Crippen molar-refractivity contribution in [3.05, 3.63) is 83.3 Å². The van der Waals surface area contributed by atoms with Gasteiger partial charge in [0.25, 0.3) is 0 Å². The second-order valence-electron chi connectivity index (χ2n) is 5.22. The lowest BCUT2D eigenvalue weighted by Crippen LogP contribution is -1.92. The molecule has 0 saturated carbocycles. The molecule has 2 heteroatoms. The van der Waals surface area contributed by atoms with Gasteiger partial charge in [0.2, 0.25) is 0 Å². The van der Waals surface area contributed by atoms with Crippen LogP contribution in [0.4, 0.5) is 0 Å². The third-order valence-corrected chi connectivity index (χ3v) is 4.68. The first-order valence-electron chi connectivity index (χ1n) is 7.01. The van der Waals surface area contributed by atoms with Crippen molar-refractivity contribution in [2.75, 3.05) is 0 Å². The number of hydrogen-bond donors (Lipinski definition) is 0. The largest absolute Gasteiger partial charge is 0.466 e. The second-order valence-corrected chi connectivity index (χ2v) is 6.13. The molecule has 2 aromatic carbocycles. The van der Waals surface area contributed by atoms with Crippen LogP contribution >= 0.6 is 15.9 Å². The third-order valence-electron chi connectivity index (χ3n) is 3.66. The molecule has 0 aliphatic heterocycles. The molecule has 0 radical (unpaired) electrons. The Morgan fingerprint density at radius 1 is 0.857 bits per heavy atom. The fourth-order valence-electron chi connectivity index (χ4n) is 2.56. The van der Waals surface area contributed by atoms with Crippen LogP contribution in [0, 0.1) is 13.8 Å². The van der Waals surface area contributed by atoms with Crippen LogP contribution in [0.1, 0.15) is 27.5 Å². The van der Waals surface area contributed by atoms with Crippen LogP contribution in [-0.4, -0.2) is 0 Å². The summed E-state index contributed by atoms with van der Waals surface area (Å²) < 4.78 is 5.62. The number of aryl methyl sites for hydroxylation is 2. The van der Waals surface area contributed by atoms with Crippen molar-refractivity contribution >= 4 is 15.9 Å². The first kappa shape index (κ1) is 14.2. The van der Waals surface area contributed by atoms with Gasteiger partial charge >= 0.3 is 0 Å². The summed E-state index contributed by atoms with van der Waals surface area (Å²) in [7, 11) is 0. The van der Waals surface area contributed by atoms with Gasteiger partial charge in [-0.3, -0.25) is 0 Å². The summed E-state index contributed by atoms with van der Waals surface area (Å²) in [5.41, 5.74) is 4.91. The lowest BCUT2D eigenvalue weighted by atomic mass is 10.0. The minimum Gasteiger partial charge on any atom is -0.466 e. The van der Waals surface area contributed by atoms with Crippen molar-refractivity contribution < 1.29 is 4.42 Å². The number of rotatable bonds is 3. The molecule has 3 rings (SSSR count). The Balaban J connectivity index is 1.89. The molecule has 1 aromatic heterocycles. The lowest BCUT2D eigenvalue weighted by Gasteiger charge is -2.10. The van der Waals surface area contributed by atoms with E-state index < -0.39 is 0 Å². The highest BCUT2D eigenvalue weighted by molar-refractivity contribution is 9.09. The van der Waals surface area contributed by atoms with Crippen LogP contribution in [0.15, 0.2) is 65.1 Å². The maximum atomic E-state index is 5.62. The van der Waals surface area contributed by atoms with Gasteiger partial charge in [-0.05, 0) is 36.6 Å². The highest BCUT2D eigenvalue weighted by Gasteiger charge is 2.16. The van der Waals surface area contributed by atoms with E-state index in [0.29, 0.717) is 0 Å². The zero-order valence-corrected chi connectivity index (χ0v) is 13.7. The molecule has 21 heavy (non-hydrogen) atoms. The minimum absolute atomic E-state index is 0.166. The van der Waals surface area contributed by atoms with Crippen LogP contribution in [0.25, 0.3) is 11.1 Å². The molecule has 0 fully saturated rings.